The first-order valence-corrected chi connectivity index (χ1v) is 6.04. The van der Waals surface area contributed by atoms with Gasteiger partial charge >= 0.3 is 5.97 Å². The van der Waals surface area contributed by atoms with E-state index in [1.807, 2.05) is 0 Å². The number of esters is 1. The SMILES string of the molecule is CCOC(=O)CC(=O)COc1c(Cl)cccc1Cl. The minimum absolute atomic E-state index is 0.234. The molecule has 0 saturated carbocycles. The third-order valence-electron chi connectivity index (χ3n) is 1.94. The molecule has 0 bridgehead atoms. The van der Waals surface area contributed by atoms with Gasteiger partial charge < -0.3 is 9.47 Å². The first kappa shape index (κ1) is 14.8. The van der Waals surface area contributed by atoms with Gasteiger partial charge in [-0.1, -0.05) is 29.3 Å². The zero-order valence-electron chi connectivity index (χ0n) is 9.74. The largest absolute Gasteiger partial charge is 0.483 e. The molecule has 0 aliphatic heterocycles. The lowest BCUT2D eigenvalue weighted by atomic mass is 10.3. The van der Waals surface area contributed by atoms with Gasteiger partial charge in [-0.05, 0) is 19.1 Å². The van der Waals surface area contributed by atoms with Gasteiger partial charge in [0.25, 0.3) is 0 Å². The lowest BCUT2D eigenvalue weighted by molar-refractivity contribution is -0.145. The molecule has 0 N–H and O–H groups in total. The highest BCUT2D eigenvalue weighted by molar-refractivity contribution is 6.37. The van der Waals surface area contributed by atoms with E-state index in [1.165, 1.54) is 0 Å². The van der Waals surface area contributed by atoms with Gasteiger partial charge in [-0.15, -0.1) is 0 Å². The number of hydrogen-bond donors (Lipinski definition) is 0. The Hall–Kier alpha value is -1.26. The van der Waals surface area contributed by atoms with Crippen LogP contribution in [-0.4, -0.2) is 25.0 Å². The molecule has 0 aliphatic carbocycles. The van der Waals surface area contributed by atoms with Gasteiger partial charge in [-0.2, -0.15) is 0 Å². The molecule has 0 fully saturated rings. The highest BCUT2D eigenvalue weighted by atomic mass is 35.5. The highest BCUT2D eigenvalue weighted by Gasteiger charge is 2.13. The fourth-order valence-electron chi connectivity index (χ4n) is 1.20. The van der Waals surface area contributed by atoms with Gasteiger partial charge in [0.05, 0.1) is 16.7 Å². The Bertz CT molecular complexity index is 425. The van der Waals surface area contributed by atoms with Gasteiger partial charge in [0.15, 0.2) is 11.5 Å². The van der Waals surface area contributed by atoms with E-state index < -0.39 is 11.8 Å². The number of carbonyl (C=O) groups excluding carboxylic acids is 2. The predicted octanol–water partition coefficient (Wildman–Crippen LogP) is 2.89. The summed E-state index contributed by atoms with van der Waals surface area (Å²) in [6.07, 6.45) is -0.324. The summed E-state index contributed by atoms with van der Waals surface area (Å²) in [5.41, 5.74) is 0. The Morgan fingerprint density at radius 1 is 1.22 bits per heavy atom. The van der Waals surface area contributed by atoms with Crippen LogP contribution in [0.5, 0.6) is 5.75 Å². The molecule has 4 nitrogen and oxygen atoms in total. The quantitative estimate of drug-likeness (QED) is 0.597. The minimum Gasteiger partial charge on any atom is -0.483 e. The van der Waals surface area contributed by atoms with E-state index in [9.17, 15) is 9.59 Å². The standard InChI is InChI=1S/C12H12Cl2O4/c1-2-17-11(16)6-8(15)7-18-12-9(13)4-3-5-10(12)14/h3-5H,2,6-7H2,1H3. The van der Waals surface area contributed by atoms with Crippen molar-refractivity contribution in [1.82, 2.24) is 0 Å². The zero-order chi connectivity index (χ0) is 13.5. The van der Waals surface area contributed by atoms with Crippen molar-refractivity contribution < 1.29 is 19.1 Å². The van der Waals surface area contributed by atoms with Crippen LogP contribution < -0.4 is 4.74 Å². The molecule has 1 aromatic carbocycles. The van der Waals surface area contributed by atoms with Crippen LogP contribution in [0.15, 0.2) is 18.2 Å². The maximum absolute atomic E-state index is 11.4. The predicted molar refractivity (Wildman–Crippen MR) is 68.2 cm³/mol. The second-order valence-corrected chi connectivity index (χ2v) is 4.17. The average Bonchev–Trinajstić information content (AvgIpc) is 2.28. The molecule has 0 spiro atoms. The summed E-state index contributed by atoms with van der Waals surface area (Å²) in [4.78, 5) is 22.5. The van der Waals surface area contributed by atoms with Crippen molar-refractivity contribution in [2.45, 2.75) is 13.3 Å². The van der Waals surface area contributed by atoms with E-state index in [0.717, 1.165) is 0 Å². The van der Waals surface area contributed by atoms with Crippen LogP contribution in [0.2, 0.25) is 10.0 Å². The van der Waals surface area contributed by atoms with Crippen molar-refractivity contribution in [2.75, 3.05) is 13.2 Å². The van der Waals surface area contributed by atoms with E-state index in [-0.39, 0.29) is 25.4 Å². The number of Topliss-reactive ketones (excluding diaryl/α,β-unsaturated/α-hetero) is 1. The summed E-state index contributed by atoms with van der Waals surface area (Å²) < 4.78 is 9.83. The van der Waals surface area contributed by atoms with Crippen LogP contribution in [0.4, 0.5) is 0 Å². The topological polar surface area (TPSA) is 52.6 Å². The Kier molecular flexibility index (Phi) is 5.95. The van der Waals surface area contributed by atoms with E-state index in [4.69, 9.17) is 27.9 Å². The van der Waals surface area contributed by atoms with Gasteiger partial charge in [0.1, 0.15) is 13.0 Å². The molecular formula is C12H12Cl2O4. The fraction of sp³-hybridized carbons (Fsp3) is 0.333. The molecule has 18 heavy (non-hydrogen) atoms. The second-order valence-electron chi connectivity index (χ2n) is 3.36. The third kappa shape index (κ3) is 4.55. The van der Waals surface area contributed by atoms with Gasteiger partial charge in [0.2, 0.25) is 0 Å². The minimum atomic E-state index is -0.573. The summed E-state index contributed by atoms with van der Waals surface area (Å²) in [6.45, 7) is 1.63. The number of benzene rings is 1. The number of rotatable bonds is 6. The molecule has 0 heterocycles. The Balaban J connectivity index is 2.50. The lowest BCUT2D eigenvalue weighted by Gasteiger charge is -2.08. The number of carbonyl (C=O) groups is 2. The third-order valence-corrected chi connectivity index (χ3v) is 2.54. The summed E-state index contributed by atoms with van der Waals surface area (Å²) in [6, 6.07) is 4.86. The van der Waals surface area contributed by atoms with E-state index in [0.29, 0.717) is 10.0 Å². The lowest BCUT2D eigenvalue weighted by Crippen LogP contribution is -2.17. The van der Waals surface area contributed by atoms with E-state index in [1.54, 1.807) is 25.1 Å². The van der Waals surface area contributed by atoms with Crippen LogP contribution in [0.1, 0.15) is 13.3 Å². The first-order valence-electron chi connectivity index (χ1n) is 5.28. The summed E-state index contributed by atoms with van der Waals surface area (Å²) in [7, 11) is 0. The number of halogens is 2. The van der Waals surface area contributed by atoms with Crippen molar-refractivity contribution in [1.29, 1.82) is 0 Å². The molecular weight excluding hydrogens is 279 g/mol. The zero-order valence-corrected chi connectivity index (χ0v) is 11.3. The number of hydrogen-bond acceptors (Lipinski definition) is 4. The number of ether oxygens (including phenoxy) is 2. The molecule has 0 unspecified atom stereocenters. The van der Waals surface area contributed by atoms with Crippen LogP contribution in [0.3, 0.4) is 0 Å². The van der Waals surface area contributed by atoms with Gasteiger partial charge in [-0.25, -0.2) is 0 Å². The van der Waals surface area contributed by atoms with Crippen molar-refractivity contribution in [3.63, 3.8) is 0 Å². The maximum Gasteiger partial charge on any atom is 0.313 e. The molecule has 0 saturated heterocycles. The summed E-state index contributed by atoms with van der Waals surface area (Å²) in [5, 5.41) is 0.623. The normalized spacial score (nSPS) is 9.94. The van der Waals surface area contributed by atoms with Crippen LogP contribution in [-0.2, 0) is 14.3 Å². The molecule has 0 amide bonds. The number of ketones is 1. The molecule has 6 heteroatoms. The Labute approximate surface area is 115 Å². The summed E-state index contributed by atoms with van der Waals surface area (Å²) >= 11 is 11.7. The van der Waals surface area contributed by atoms with Gasteiger partial charge in [0, 0.05) is 0 Å². The van der Waals surface area contributed by atoms with E-state index in [2.05, 4.69) is 4.74 Å². The second kappa shape index (κ2) is 7.24. The van der Waals surface area contributed by atoms with Crippen molar-refractivity contribution >= 4 is 35.0 Å². The molecule has 0 radical (unpaired) electrons. The molecule has 0 aliphatic rings. The van der Waals surface area contributed by atoms with Crippen molar-refractivity contribution in [2.24, 2.45) is 0 Å². The molecule has 1 rings (SSSR count). The Morgan fingerprint density at radius 2 is 1.83 bits per heavy atom. The Morgan fingerprint density at radius 3 is 2.39 bits per heavy atom. The van der Waals surface area contributed by atoms with Crippen LogP contribution >= 0.6 is 23.2 Å². The fourth-order valence-corrected chi connectivity index (χ4v) is 1.70. The van der Waals surface area contributed by atoms with E-state index >= 15 is 0 Å². The first-order chi connectivity index (χ1) is 8.54. The van der Waals surface area contributed by atoms with Gasteiger partial charge in [-0.3, -0.25) is 9.59 Å². The average molecular weight is 291 g/mol. The van der Waals surface area contributed by atoms with Crippen LogP contribution in [0.25, 0.3) is 0 Å². The monoisotopic (exact) mass is 290 g/mol. The highest BCUT2D eigenvalue weighted by Crippen LogP contribution is 2.32. The number of para-hydroxylation sites is 1. The van der Waals surface area contributed by atoms with Crippen molar-refractivity contribution in [3.05, 3.63) is 28.2 Å². The summed E-state index contributed by atoms with van der Waals surface area (Å²) in [5.74, 6) is -0.737. The molecule has 1 aromatic rings. The van der Waals surface area contributed by atoms with Crippen LogP contribution in [0, 0.1) is 0 Å². The smallest absolute Gasteiger partial charge is 0.313 e. The maximum atomic E-state index is 11.4. The molecule has 98 valence electrons. The van der Waals surface area contributed by atoms with Crippen molar-refractivity contribution in [3.8, 4) is 5.75 Å². The molecule has 0 atom stereocenters. The molecule has 0 aromatic heterocycles.